The largest absolute Gasteiger partial charge is 0.335 e. The zero-order chi connectivity index (χ0) is 18.7. The molecule has 8 heteroatoms. The highest BCUT2D eigenvalue weighted by Gasteiger charge is 2.33. The summed E-state index contributed by atoms with van der Waals surface area (Å²) in [7, 11) is -1.33. The maximum absolute atomic E-state index is 13.0. The monoisotopic (exact) mass is 383 g/mol. The number of likely N-dealkylation sites (tertiary alicyclic amines) is 1. The lowest BCUT2D eigenvalue weighted by Crippen LogP contribution is -2.50. The Balaban J connectivity index is 1.43. The molecule has 6 nitrogen and oxygen atoms in total. The molecule has 1 aromatic rings. The number of carbonyl (C=O) groups is 1. The van der Waals surface area contributed by atoms with Gasteiger partial charge in [0, 0.05) is 38.8 Å². The van der Waals surface area contributed by atoms with Crippen molar-refractivity contribution in [3.8, 4) is 0 Å². The van der Waals surface area contributed by atoms with E-state index in [4.69, 9.17) is 0 Å². The highest BCUT2D eigenvalue weighted by atomic mass is 32.2. The molecule has 144 valence electrons. The van der Waals surface area contributed by atoms with Gasteiger partial charge in [-0.2, -0.15) is 0 Å². The molecule has 3 rings (SSSR count). The van der Waals surface area contributed by atoms with Crippen LogP contribution in [0.5, 0.6) is 0 Å². The van der Waals surface area contributed by atoms with Crippen LogP contribution in [0.15, 0.2) is 24.3 Å². The molecular formula is C18H26FN3O3S. The zero-order valence-electron chi connectivity index (χ0n) is 15.0. The number of urea groups is 1. The first-order valence-electron chi connectivity index (χ1n) is 9.03. The Bertz CT molecular complexity index is 731. The summed E-state index contributed by atoms with van der Waals surface area (Å²) in [6.45, 7) is 2.51. The summed E-state index contributed by atoms with van der Waals surface area (Å²) in [5.74, 6) is -0.00117. The van der Waals surface area contributed by atoms with Gasteiger partial charge in [0.1, 0.15) is 5.82 Å². The normalized spacial score (nSPS) is 23.7. The van der Waals surface area contributed by atoms with Crippen molar-refractivity contribution in [3.63, 3.8) is 0 Å². The smallest absolute Gasteiger partial charge is 0.317 e. The van der Waals surface area contributed by atoms with Gasteiger partial charge in [0.05, 0.1) is 11.5 Å². The van der Waals surface area contributed by atoms with Gasteiger partial charge in [-0.05, 0) is 37.0 Å². The standard InChI is InChI=1S/C18H26FN3O3S/c1-21(17-8-11-26(24,25)13-17)18(23)20-16-6-9-22(10-7-16)12-14-2-4-15(19)5-3-14/h2-5,16-17H,6-13H2,1H3,(H,20,23). The Morgan fingerprint density at radius 3 is 2.46 bits per heavy atom. The Morgan fingerprint density at radius 1 is 1.23 bits per heavy atom. The highest BCUT2D eigenvalue weighted by Crippen LogP contribution is 2.18. The average molecular weight is 383 g/mol. The molecule has 2 heterocycles. The molecule has 0 aliphatic carbocycles. The van der Waals surface area contributed by atoms with Gasteiger partial charge in [-0.3, -0.25) is 4.90 Å². The van der Waals surface area contributed by atoms with E-state index < -0.39 is 9.84 Å². The fraction of sp³-hybridized carbons (Fsp3) is 0.611. The molecule has 0 aromatic heterocycles. The number of nitrogens with zero attached hydrogens (tertiary/aromatic N) is 2. The summed E-state index contributed by atoms with van der Waals surface area (Å²) in [5, 5.41) is 3.03. The Kier molecular flexibility index (Phi) is 5.82. The fourth-order valence-electron chi connectivity index (χ4n) is 3.61. The molecule has 2 amide bonds. The molecule has 0 saturated carbocycles. The molecule has 26 heavy (non-hydrogen) atoms. The number of rotatable bonds is 4. The van der Waals surface area contributed by atoms with Crippen molar-refractivity contribution in [2.45, 2.75) is 37.9 Å². The van der Waals surface area contributed by atoms with Gasteiger partial charge >= 0.3 is 6.03 Å². The summed E-state index contributed by atoms with van der Waals surface area (Å²) in [5.41, 5.74) is 1.08. The van der Waals surface area contributed by atoms with E-state index in [1.807, 2.05) is 0 Å². The third kappa shape index (κ3) is 4.94. The molecule has 0 spiro atoms. The summed E-state index contributed by atoms with van der Waals surface area (Å²) < 4.78 is 36.1. The predicted molar refractivity (Wildman–Crippen MR) is 98.1 cm³/mol. The second-order valence-electron chi connectivity index (χ2n) is 7.29. The SMILES string of the molecule is CN(C(=O)NC1CCN(Cc2ccc(F)cc2)CC1)C1CCS(=O)(=O)C1. The lowest BCUT2D eigenvalue weighted by atomic mass is 10.0. The molecule has 1 N–H and O–H groups in total. The van der Waals surface area contributed by atoms with Gasteiger partial charge in [-0.15, -0.1) is 0 Å². The second kappa shape index (κ2) is 7.92. The summed E-state index contributed by atoms with van der Waals surface area (Å²) in [6, 6.07) is 6.24. The second-order valence-corrected chi connectivity index (χ2v) is 9.52. The quantitative estimate of drug-likeness (QED) is 0.858. The van der Waals surface area contributed by atoms with Crippen molar-refractivity contribution < 1.29 is 17.6 Å². The number of nitrogens with one attached hydrogen (secondary N) is 1. The summed E-state index contributed by atoms with van der Waals surface area (Å²) in [4.78, 5) is 16.2. The Hall–Kier alpha value is -1.67. The molecule has 2 aliphatic heterocycles. The lowest BCUT2D eigenvalue weighted by molar-refractivity contribution is 0.167. The van der Waals surface area contributed by atoms with Crippen LogP contribution in [0.1, 0.15) is 24.8 Å². The lowest BCUT2D eigenvalue weighted by Gasteiger charge is -2.34. The average Bonchev–Trinajstić information content (AvgIpc) is 2.98. The van der Waals surface area contributed by atoms with Crippen molar-refractivity contribution in [2.24, 2.45) is 0 Å². The third-order valence-corrected chi connectivity index (χ3v) is 7.06. The van der Waals surface area contributed by atoms with Crippen LogP contribution in [-0.4, -0.2) is 68.0 Å². The first-order chi connectivity index (χ1) is 12.3. The van der Waals surface area contributed by atoms with Gasteiger partial charge in [0.2, 0.25) is 0 Å². The van der Waals surface area contributed by atoms with Crippen LogP contribution in [0, 0.1) is 5.82 Å². The van der Waals surface area contributed by atoms with Crippen molar-refractivity contribution in [3.05, 3.63) is 35.6 Å². The van der Waals surface area contributed by atoms with Crippen LogP contribution < -0.4 is 5.32 Å². The number of benzene rings is 1. The number of piperidine rings is 1. The first kappa shape index (κ1) is 19.1. The van der Waals surface area contributed by atoms with Crippen LogP contribution in [0.3, 0.4) is 0 Å². The minimum Gasteiger partial charge on any atom is -0.335 e. The number of halogens is 1. The topological polar surface area (TPSA) is 69.7 Å². The molecule has 0 radical (unpaired) electrons. The molecule has 1 unspecified atom stereocenters. The third-order valence-electron chi connectivity index (χ3n) is 5.31. The maximum Gasteiger partial charge on any atom is 0.317 e. The van der Waals surface area contributed by atoms with E-state index in [0.29, 0.717) is 6.42 Å². The molecule has 2 aliphatic rings. The number of amides is 2. The van der Waals surface area contributed by atoms with E-state index in [9.17, 15) is 17.6 Å². The molecule has 1 aromatic carbocycles. The van der Waals surface area contributed by atoms with Gasteiger partial charge < -0.3 is 10.2 Å². The summed E-state index contributed by atoms with van der Waals surface area (Å²) in [6.07, 6.45) is 2.22. The van der Waals surface area contributed by atoms with Crippen LogP contribution >= 0.6 is 0 Å². The van der Waals surface area contributed by atoms with E-state index >= 15 is 0 Å². The van der Waals surface area contributed by atoms with Crippen molar-refractivity contribution in [2.75, 3.05) is 31.6 Å². The van der Waals surface area contributed by atoms with Crippen LogP contribution in [-0.2, 0) is 16.4 Å². The predicted octanol–water partition coefficient (Wildman–Crippen LogP) is 1.62. The van der Waals surface area contributed by atoms with E-state index in [0.717, 1.165) is 38.0 Å². The van der Waals surface area contributed by atoms with E-state index in [1.54, 1.807) is 19.2 Å². The molecule has 2 fully saturated rings. The van der Waals surface area contributed by atoms with Crippen LogP contribution in [0.25, 0.3) is 0 Å². The molecular weight excluding hydrogens is 357 g/mol. The Labute approximate surface area is 154 Å². The fourth-order valence-corrected chi connectivity index (χ4v) is 5.38. The highest BCUT2D eigenvalue weighted by molar-refractivity contribution is 7.91. The van der Waals surface area contributed by atoms with Gasteiger partial charge in [0.15, 0.2) is 9.84 Å². The first-order valence-corrected chi connectivity index (χ1v) is 10.8. The molecule has 0 bridgehead atoms. The summed E-state index contributed by atoms with van der Waals surface area (Å²) >= 11 is 0. The number of carbonyl (C=O) groups excluding carboxylic acids is 1. The van der Waals surface area contributed by atoms with Crippen molar-refractivity contribution in [1.29, 1.82) is 0 Å². The number of sulfone groups is 1. The molecule has 2 saturated heterocycles. The van der Waals surface area contributed by atoms with E-state index in [2.05, 4.69) is 10.2 Å². The van der Waals surface area contributed by atoms with E-state index in [-0.39, 0.29) is 35.4 Å². The minimum atomic E-state index is -3.00. The number of hydrogen-bond donors (Lipinski definition) is 1. The van der Waals surface area contributed by atoms with Gasteiger partial charge in [-0.1, -0.05) is 12.1 Å². The number of hydrogen-bond acceptors (Lipinski definition) is 4. The van der Waals surface area contributed by atoms with Crippen LogP contribution in [0.4, 0.5) is 9.18 Å². The van der Waals surface area contributed by atoms with Gasteiger partial charge in [0.25, 0.3) is 0 Å². The van der Waals surface area contributed by atoms with E-state index in [1.165, 1.54) is 17.0 Å². The van der Waals surface area contributed by atoms with Crippen LogP contribution in [0.2, 0.25) is 0 Å². The maximum atomic E-state index is 13.0. The van der Waals surface area contributed by atoms with Gasteiger partial charge in [-0.25, -0.2) is 17.6 Å². The molecule has 1 atom stereocenters. The Morgan fingerprint density at radius 2 is 1.88 bits per heavy atom. The minimum absolute atomic E-state index is 0.0625. The van der Waals surface area contributed by atoms with Crippen molar-refractivity contribution >= 4 is 15.9 Å². The zero-order valence-corrected chi connectivity index (χ0v) is 15.8. The van der Waals surface area contributed by atoms with Crippen molar-refractivity contribution in [1.82, 2.24) is 15.1 Å².